The number of fused-ring (bicyclic) bond motifs is 1. The van der Waals surface area contributed by atoms with Crippen molar-refractivity contribution >= 4 is 22.7 Å². The molecule has 0 aliphatic carbocycles. The number of aromatic nitrogens is 2. The van der Waals surface area contributed by atoms with Crippen molar-refractivity contribution in [1.29, 1.82) is 0 Å². The largest absolute Gasteiger partial charge is 0.368 e. The number of carbonyl (C=O) groups excluding carboxylic acids is 2. The standard InChI is InChI=1S/C22H24N4O4/c1-14(2)12-23-21(27)16-11-18(25-17-6-4-3-5-15(16)17)20-13-26(9-10-29-20)22(28)19-7-8-24-30-19/h3-8,11,14,20H,9-10,12-13H2,1-2H3,(H,23,27). The lowest BCUT2D eigenvalue weighted by Gasteiger charge is -2.32. The van der Waals surface area contributed by atoms with Gasteiger partial charge in [-0.3, -0.25) is 9.59 Å². The number of rotatable bonds is 5. The minimum atomic E-state index is -0.438. The third kappa shape index (κ3) is 4.18. The minimum Gasteiger partial charge on any atom is -0.368 e. The van der Waals surface area contributed by atoms with Gasteiger partial charge in [0.05, 0.1) is 36.1 Å². The van der Waals surface area contributed by atoms with Gasteiger partial charge in [0, 0.05) is 24.5 Å². The first-order valence-electron chi connectivity index (χ1n) is 10.0. The minimum absolute atomic E-state index is 0.144. The Kier molecular flexibility index (Phi) is 5.76. The van der Waals surface area contributed by atoms with Crippen molar-refractivity contribution in [3.8, 4) is 0 Å². The Hall–Kier alpha value is -3.26. The summed E-state index contributed by atoms with van der Waals surface area (Å²) in [5, 5.41) is 7.36. The average molecular weight is 408 g/mol. The summed E-state index contributed by atoms with van der Waals surface area (Å²) in [4.78, 5) is 31.9. The fourth-order valence-corrected chi connectivity index (χ4v) is 3.44. The summed E-state index contributed by atoms with van der Waals surface area (Å²) < 4.78 is 10.9. The van der Waals surface area contributed by atoms with Gasteiger partial charge in [-0.15, -0.1) is 0 Å². The summed E-state index contributed by atoms with van der Waals surface area (Å²) in [7, 11) is 0. The second-order valence-corrected chi connectivity index (χ2v) is 7.70. The monoisotopic (exact) mass is 408 g/mol. The third-order valence-electron chi connectivity index (χ3n) is 4.98. The number of hydrogen-bond donors (Lipinski definition) is 1. The summed E-state index contributed by atoms with van der Waals surface area (Å²) in [5.74, 6) is 0.153. The van der Waals surface area contributed by atoms with Crippen LogP contribution in [0.3, 0.4) is 0 Å². The van der Waals surface area contributed by atoms with E-state index in [2.05, 4.69) is 10.5 Å². The van der Waals surface area contributed by atoms with E-state index in [9.17, 15) is 9.59 Å². The highest BCUT2D eigenvalue weighted by Gasteiger charge is 2.29. The number of hydrogen-bond acceptors (Lipinski definition) is 6. The number of nitrogens with zero attached hydrogens (tertiary/aromatic N) is 3. The number of ether oxygens (including phenoxy) is 1. The predicted molar refractivity (Wildman–Crippen MR) is 110 cm³/mol. The molecule has 4 rings (SSSR count). The maximum atomic E-state index is 12.9. The summed E-state index contributed by atoms with van der Waals surface area (Å²) in [6.45, 7) is 5.82. The molecule has 2 aromatic heterocycles. The van der Waals surface area contributed by atoms with E-state index in [1.807, 2.05) is 38.1 Å². The van der Waals surface area contributed by atoms with Gasteiger partial charge >= 0.3 is 0 Å². The van der Waals surface area contributed by atoms with Crippen LogP contribution in [0.15, 0.2) is 47.1 Å². The number of pyridine rings is 1. The van der Waals surface area contributed by atoms with E-state index >= 15 is 0 Å². The molecule has 8 heteroatoms. The summed E-state index contributed by atoms with van der Waals surface area (Å²) in [5.41, 5.74) is 1.89. The fraction of sp³-hybridized carbons (Fsp3) is 0.364. The van der Waals surface area contributed by atoms with Crippen molar-refractivity contribution in [2.75, 3.05) is 26.2 Å². The van der Waals surface area contributed by atoms with Crippen LogP contribution in [0.1, 0.15) is 46.6 Å². The predicted octanol–water partition coefficient (Wildman–Crippen LogP) is 2.82. The van der Waals surface area contributed by atoms with E-state index in [0.29, 0.717) is 48.9 Å². The van der Waals surface area contributed by atoms with Crippen molar-refractivity contribution in [3.63, 3.8) is 0 Å². The molecule has 8 nitrogen and oxygen atoms in total. The van der Waals surface area contributed by atoms with Gasteiger partial charge in [-0.1, -0.05) is 37.2 Å². The van der Waals surface area contributed by atoms with Crippen molar-refractivity contribution in [2.24, 2.45) is 5.92 Å². The number of para-hydroxylation sites is 1. The Morgan fingerprint density at radius 1 is 1.27 bits per heavy atom. The number of morpholine rings is 1. The summed E-state index contributed by atoms with van der Waals surface area (Å²) in [6, 6.07) is 10.8. The first-order chi connectivity index (χ1) is 14.5. The summed E-state index contributed by atoms with van der Waals surface area (Å²) in [6.07, 6.45) is 1.00. The van der Waals surface area contributed by atoms with E-state index in [4.69, 9.17) is 14.2 Å². The van der Waals surface area contributed by atoms with Crippen LogP contribution < -0.4 is 5.32 Å². The molecule has 1 aliphatic rings. The Balaban J connectivity index is 1.63. The number of amides is 2. The van der Waals surface area contributed by atoms with Crippen LogP contribution in [0.4, 0.5) is 0 Å². The van der Waals surface area contributed by atoms with Crippen molar-refractivity contribution < 1.29 is 18.8 Å². The molecule has 1 N–H and O–H groups in total. The van der Waals surface area contributed by atoms with E-state index < -0.39 is 6.10 Å². The molecule has 0 radical (unpaired) electrons. The SMILES string of the molecule is CC(C)CNC(=O)c1cc(C2CN(C(=O)c3ccno3)CCO2)nc2ccccc12. The zero-order chi connectivity index (χ0) is 21.1. The van der Waals surface area contributed by atoms with E-state index in [0.717, 1.165) is 5.39 Å². The maximum absolute atomic E-state index is 12.9. The van der Waals surface area contributed by atoms with Gasteiger partial charge in [0.1, 0.15) is 6.10 Å². The molecular formula is C22H24N4O4. The molecule has 1 fully saturated rings. The van der Waals surface area contributed by atoms with Gasteiger partial charge in [-0.2, -0.15) is 0 Å². The fourth-order valence-electron chi connectivity index (χ4n) is 3.44. The first kappa shape index (κ1) is 20.0. The molecule has 3 heterocycles. The molecule has 156 valence electrons. The molecule has 1 atom stereocenters. The van der Waals surface area contributed by atoms with Crippen LogP contribution in [0, 0.1) is 5.92 Å². The van der Waals surface area contributed by atoms with E-state index in [-0.39, 0.29) is 17.6 Å². The Morgan fingerprint density at radius 2 is 2.10 bits per heavy atom. The quantitative estimate of drug-likeness (QED) is 0.697. The Morgan fingerprint density at radius 3 is 2.87 bits per heavy atom. The molecule has 30 heavy (non-hydrogen) atoms. The van der Waals surface area contributed by atoms with Crippen LogP contribution in [-0.4, -0.2) is 53.1 Å². The average Bonchev–Trinajstić information content (AvgIpc) is 3.31. The summed E-state index contributed by atoms with van der Waals surface area (Å²) >= 11 is 0. The van der Waals surface area contributed by atoms with Crippen LogP contribution >= 0.6 is 0 Å². The Labute approximate surface area is 174 Å². The highest BCUT2D eigenvalue weighted by Crippen LogP contribution is 2.26. The molecule has 0 saturated carbocycles. The lowest BCUT2D eigenvalue weighted by atomic mass is 10.0. The van der Waals surface area contributed by atoms with Gasteiger partial charge in [-0.05, 0) is 18.1 Å². The molecule has 2 amide bonds. The van der Waals surface area contributed by atoms with E-state index in [1.54, 1.807) is 11.0 Å². The molecular weight excluding hydrogens is 384 g/mol. The number of carbonyl (C=O) groups is 2. The second-order valence-electron chi connectivity index (χ2n) is 7.70. The van der Waals surface area contributed by atoms with Gasteiger partial charge in [0.15, 0.2) is 0 Å². The topological polar surface area (TPSA) is 97.6 Å². The Bertz CT molecular complexity index is 1050. The third-order valence-corrected chi connectivity index (χ3v) is 4.98. The molecule has 3 aromatic rings. The zero-order valence-electron chi connectivity index (χ0n) is 17.0. The number of benzene rings is 1. The molecule has 1 aliphatic heterocycles. The van der Waals surface area contributed by atoms with E-state index in [1.165, 1.54) is 12.3 Å². The smallest absolute Gasteiger partial charge is 0.292 e. The lowest BCUT2D eigenvalue weighted by molar-refractivity contribution is -0.0257. The molecule has 1 unspecified atom stereocenters. The zero-order valence-corrected chi connectivity index (χ0v) is 17.0. The molecule has 0 bridgehead atoms. The van der Waals surface area contributed by atoms with Gasteiger partial charge in [0.2, 0.25) is 5.76 Å². The highest BCUT2D eigenvalue weighted by atomic mass is 16.5. The van der Waals surface area contributed by atoms with Crippen molar-refractivity contribution in [3.05, 3.63) is 59.6 Å². The second kappa shape index (κ2) is 8.62. The molecule has 0 spiro atoms. The van der Waals surface area contributed by atoms with Crippen LogP contribution in [0.2, 0.25) is 0 Å². The first-order valence-corrected chi connectivity index (χ1v) is 10.0. The maximum Gasteiger partial charge on any atom is 0.292 e. The van der Waals surface area contributed by atoms with Gasteiger partial charge in [-0.25, -0.2) is 4.98 Å². The van der Waals surface area contributed by atoms with Crippen molar-refractivity contribution in [2.45, 2.75) is 20.0 Å². The van der Waals surface area contributed by atoms with Crippen LogP contribution in [-0.2, 0) is 4.74 Å². The normalized spacial score (nSPS) is 16.8. The molecule has 1 saturated heterocycles. The van der Waals surface area contributed by atoms with Crippen molar-refractivity contribution in [1.82, 2.24) is 20.4 Å². The van der Waals surface area contributed by atoms with Gasteiger partial charge < -0.3 is 19.5 Å². The highest BCUT2D eigenvalue weighted by molar-refractivity contribution is 6.06. The van der Waals surface area contributed by atoms with Crippen LogP contribution in [0.25, 0.3) is 10.9 Å². The molecule has 1 aromatic carbocycles. The number of nitrogens with one attached hydrogen (secondary N) is 1. The van der Waals surface area contributed by atoms with Crippen LogP contribution in [0.5, 0.6) is 0 Å². The lowest BCUT2D eigenvalue weighted by Crippen LogP contribution is -2.42. The van der Waals surface area contributed by atoms with Gasteiger partial charge in [0.25, 0.3) is 11.8 Å².